The standard InChI is InChI=1S/C18H32N2O5/c1-6-13(7-2)10-15(20-11(3)21)16-14(19)8-9-18(16,17(23)24-5)25-12(4)22/h13-16H,6-10,19H2,1-5H3,(H,20,21). The average Bonchev–Trinajstić information content (AvgIpc) is 2.87. The summed E-state index contributed by atoms with van der Waals surface area (Å²) in [5.74, 6) is -1.52. The molecule has 0 aliphatic heterocycles. The maximum Gasteiger partial charge on any atom is 0.350 e. The third-order valence-corrected chi connectivity index (χ3v) is 5.27. The van der Waals surface area contributed by atoms with Gasteiger partial charge in [-0.05, 0) is 18.8 Å². The van der Waals surface area contributed by atoms with E-state index in [2.05, 4.69) is 19.2 Å². The molecule has 0 bridgehead atoms. The Bertz CT molecular complexity index is 492. The minimum absolute atomic E-state index is 0.198. The van der Waals surface area contributed by atoms with Gasteiger partial charge in [0.25, 0.3) is 0 Å². The Balaban J connectivity index is 3.30. The molecule has 1 amide bonds. The van der Waals surface area contributed by atoms with Crippen LogP contribution in [0.1, 0.15) is 59.8 Å². The van der Waals surface area contributed by atoms with E-state index in [-0.39, 0.29) is 18.0 Å². The molecule has 1 aliphatic carbocycles. The van der Waals surface area contributed by atoms with E-state index in [1.54, 1.807) is 0 Å². The summed E-state index contributed by atoms with van der Waals surface area (Å²) < 4.78 is 10.4. The molecule has 4 atom stereocenters. The van der Waals surface area contributed by atoms with Gasteiger partial charge in [-0.3, -0.25) is 9.59 Å². The lowest BCUT2D eigenvalue weighted by atomic mass is 9.78. The molecule has 0 aromatic carbocycles. The Labute approximate surface area is 150 Å². The van der Waals surface area contributed by atoms with Crippen LogP contribution in [0.15, 0.2) is 0 Å². The molecule has 0 aromatic heterocycles. The Hall–Kier alpha value is -1.63. The molecule has 4 unspecified atom stereocenters. The van der Waals surface area contributed by atoms with Gasteiger partial charge in [0.2, 0.25) is 11.5 Å². The first kappa shape index (κ1) is 21.4. The third-order valence-electron chi connectivity index (χ3n) is 5.27. The molecule has 7 heteroatoms. The molecule has 144 valence electrons. The zero-order valence-corrected chi connectivity index (χ0v) is 16.0. The second-order valence-corrected chi connectivity index (χ2v) is 6.93. The molecular weight excluding hydrogens is 324 g/mol. The monoisotopic (exact) mass is 356 g/mol. The molecule has 3 N–H and O–H groups in total. The first-order valence-corrected chi connectivity index (χ1v) is 9.02. The van der Waals surface area contributed by atoms with Gasteiger partial charge in [-0.15, -0.1) is 0 Å². The first-order chi connectivity index (χ1) is 11.7. The highest BCUT2D eigenvalue weighted by molar-refractivity contribution is 5.84. The minimum Gasteiger partial charge on any atom is -0.466 e. The predicted octanol–water partition coefficient (Wildman–Crippen LogP) is 1.53. The molecule has 1 rings (SSSR count). The number of carbonyl (C=O) groups is 3. The summed E-state index contributed by atoms with van der Waals surface area (Å²) in [5, 5.41) is 2.94. The number of ether oxygens (including phenoxy) is 2. The summed E-state index contributed by atoms with van der Waals surface area (Å²) in [7, 11) is 1.27. The molecule has 1 saturated carbocycles. The maximum atomic E-state index is 12.6. The summed E-state index contributed by atoms with van der Waals surface area (Å²) in [6.45, 7) is 6.88. The SMILES string of the molecule is CCC(CC)CC(NC(C)=O)C1C(N)CCC1(OC(C)=O)C(=O)OC. The highest BCUT2D eigenvalue weighted by atomic mass is 16.6. The lowest BCUT2D eigenvalue weighted by Crippen LogP contribution is -2.59. The van der Waals surface area contributed by atoms with Crippen LogP contribution >= 0.6 is 0 Å². The van der Waals surface area contributed by atoms with Crippen LogP contribution in [0.5, 0.6) is 0 Å². The van der Waals surface area contributed by atoms with Gasteiger partial charge in [-0.2, -0.15) is 0 Å². The zero-order valence-electron chi connectivity index (χ0n) is 16.0. The fourth-order valence-corrected chi connectivity index (χ4v) is 4.06. The van der Waals surface area contributed by atoms with Crippen molar-refractivity contribution in [3.8, 4) is 0 Å². The van der Waals surface area contributed by atoms with Crippen molar-refractivity contribution in [2.75, 3.05) is 7.11 Å². The molecule has 0 saturated heterocycles. The molecule has 1 fully saturated rings. The van der Waals surface area contributed by atoms with Crippen LogP contribution in [0.4, 0.5) is 0 Å². The lowest BCUT2D eigenvalue weighted by Gasteiger charge is -2.39. The first-order valence-electron chi connectivity index (χ1n) is 9.02. The number of nitrogens with two attached hydrogens (primary N) is 1. The molecule has 0 aromatic rings. The normalized spacial score (nSPS) is 27.0. The maximum absolute atomic E-state index is 12.6. The fraction of sp³-hybridized carbons (Fsp3) is 0.833. The second kappa shape index (κ2) is 9.17. The van der Waals surface area contributed by atoms with Crippen molar-refractivity contribution in [1.82, 2.24) is 5.32 Å². The van der Waals surface area contributed by atoms with E-state index in [9.17, 15) is 14.4 Å². The van der Waals surface area contributed by atoms with Crippen molar-refractivity contribution in [1.29, 1.82) is 0 Å². The predicted molar refractivity (Wildman–Crippen MR) is 93.5 cm³/mol. The number of carbonyl (C=O) groups excluding carboxylic acids is 3. The largest absolute Gasteiger partial charge is 0.466 e. The summed E-state index contributed by atoms with van der Waals surface area (Å²) in [6, 6.07) is -0.733. The molecule has 0 radical (unpaired) electrons. The molecule has 1 aliphatic rings. The summed E-state index contributed by atoms with van der Waals surface area (Å²) in [6.07, 6.45) is 3.39. The van der Waals surface area contributed by atoms with E-state index < -0.39 is 23.5 Å². The van der Waals surface area contributed by atoms with E-state index in [0.717, 1.165) is 12.8 Å². The molecule has 7 nitrogen and oxygen atoms in total. The van der Waals surface area contributed by atoms with Gasteiger partial charge in [-0.25, -0.2) is 4.79 Å². The van der Waals surface area contributed by atoms with Gasteiger partial charge in [0, 0.05) is 38.3 Å². The fourth-order valence-electron chi connectivity index (χ4n) is 4.06. The summed E-state index contributed by atoms with van der Waals surface area (Å²) >= 11 is 0. The van der Waals surface area contributed by atoms with Gasteiger partial charge < -0.3 is 20.5 Å². The number of nitrogens with one attached hydrogen (secondary N) is 1. The average molecular weight is 356 g/mol. The van der Waals surface area contributed by atoms with Crippen molar-refractivity contribution < 1.29 is 23.9 Å². The van der Waals surface area contributed by atoms with Crippen molar-refractivity contribution >= 4 is 17.8 Å². The summed E-state index contributed by atoms with van der Waals surface area (Å²) in [4.78, 5) is 36.0. The van der Waals surface area contributed by atoms with Crippen molar-refractivity contribution in [2.45, 2.75) is 77.5 Å². The van der Waals surface area contributed by atoms with Gasteiger partial charge in [0.05, 0.1) is 7.11 Å². The molecule has 0 heterocycles. The van der Waals surface area contributed by atoms with Gasteiger partial charge in [-0.1, -0.05) is 26.7 Å². The topological polar surface area (TPSA) is 108 Å². The van der Waals surface area contributed by atoms with Crippen LogP contribution in [-0.2, 0) is 23.9 Å². The van der Waals surface area contributed by atoms with Crippen LogP contribution in [0, 0.1) is 11.8 Å². The van der Waals surface area contributed by atoms with E-state index >= 15 is 0 Å². The molecule has 0 spiro atoms. The number of hydrogen-bond acceptors (Lipinski definition) is 6. The number of hydrogen-bond donors (Lipinski definition) is 2. The smallest absolute Gasteiger partial charge is 0.350 e. The lowest BCUT2D eigenvalue weighted by molar-refractivity contribution is -0.186. The Kier molecular flexibility index (Phi) is 7.86. The number of esters is 2. The Morgan fingerprint density at radius 1 is 1.24 bits per heavy atom. The quantitative estimate of drug-likeness (QED) is 0.639. The van der Waals surface area contributed by atoms with E-state index in [0.29, 0.717) is 25.2 Å². The molecule has 25 heavy (non-hydrogen) atoms. The van der Waals surface area contributed by atoms with E-state index in [1.165, 1.54) is 21.0 Å². The highest BCUT2D eigenvalue weighted by Gasteiger charge is 2.59. The number of methoxy groups -OCH3 is 1. The van der Waals surface area contributed by atoms with Crippen molar-refractivity contribution in [3.63, 3.8) is 0 Å². The van der Waals surface area contributed by atoms with Gasteiger partial charge in [0.1, 0.15) is 0 Å². The van der Waals surface area contributed by atoms with E-state index in [1.807, 2.05) is 0 Å². The van der Waals surface area contributed by atoms with Crippen molar-refractivity contribution in [2.24, 2.45) is 17.6 Å². The third kappa shape index (κ3) is 4.93. The highest BCUT2D eigenvalue weighted by Crippen LogP contribution is 2.43. The Morgan fingerprint density at radius 2 is 1.84 bits per heavy atom. The van der Waals surface area contributed by atoms with E-state index in [4.69, 9.17) is 15.2 Å². The van der Waals surface area contributed by atoms with Crippen LogP contribution in [-0.4, -0.2) is 42.6 Å². The minimum atomic E-state index is -1.45. The van der Waals surface area contributed by atoms with Gasteiger partial charge >= 0.3 is 11.9 Å². The number of rotatable bonds is 8. The molecular formula is C18H32N2O5. The second-order valence-electron chi connectivity index (χ2n) is 6.93. The van der Waals surface area contributed by atoms with Gasteiger partial charge in [0.15, 0.2) is 0 Å². The Morgan fingerprint density at radius 3 is 2.28 bits per heavy atom. The number of amides is 1. The zero-order chi connectivity index (χ0) is 19.2. The van der Waals surface area contributed by atoms with Crippen molar-refractivity contribution in [3.05, 3.63) is 0 Å². The van der Waals surface area contributed by atoms with Crippen LogP contribution in [0.25, 0.3) is 0 Å². The summed E-state index contributed by atoms with van der Waals surface area (Å²) in [5.41, 5.74) is 4.86. The van der Waals surface area contributed by atoms with Crippen LogP contribution in [0.2, 0.25) is 0 Å². The van der Waals surface area contributed by atoms with Crippen LogP contribution in [0.3, 0.4) is 0 Å². The van der Waals surface area contributed by atoms with Crippen LogP contribution < -0.4 is 11.1 Å².